The van der Waals surface area contributed by atoms with Gasteiger partial charge in [0, 0.05) is 42.5 Å². The second kappa shape index (κ2) is 10.7. The number of nitrogens with zero attached hydrogens (tertiary/aromatic N) is 4. The van der Waals surface area contributed by atoms with Gasteiger partial charge in [-0.1, -0.05) is 0 Å². The van der Waals surface area contributed by atoms with Crippen molar-refractivity contribution in [2.45, 2.75) is 44.2 Å². The summed E-state index contributed by atoms with van der Waals surface area (Å²) in [6.45, 7) is 0.605. The summed E-state index contributed by atoms with van der Waals surface area (Å²) in [5.41, 5.74) is 2.69. The first-order valence-corrected chi connectivity index (χ1v) is 12.5. The molecule has 1 saturated carbocycles. The Balaban J connectivity index is 1.20. The molecule has 1 amide bonds. The standard InChI is InChI=1S/C26H27N5O3S/c1-33-21-7-8-24(28-15-21)34-20-5-2-4-19(14-20)22-17-35-26(29-22)30-25(32)23-6-3-13-31(23)16-18-9-11-27-12-10-18/h3,6-13,15,17,19-20H,2,4-5,14,16H2,1H3,(H,29,30,32)/t19-,20-/m0/s1. The van der Waals surface area contributed by atoms with E-state index in [1.807, 2.05) is 52.5 Å². The minimum absolute atomic E-state index is 0.0887. The number of ether oxygens (including phenoxy) is 2. The van der Waals surface area contributed by atoms with Crippen molar-refractivity contribution in [3.63, 3.8) is 0 Å². The van der Waals surface area contributed by atoms with E-state index in [-0.39, 0.29) is 12.0 Å². The van der Waals surface area contributed by atoms with Crippen molar-refractivity contribution in [3.8, 4) is 11.6 Å². The molecule has 0 aromatic carbocycles. The number of carbonyl (C=O) groups excluding carboxylic acids is 1. The molecule has 8 nitrogen and oxygen atoms in total. The first kappa shape index (κ1) is 23.0. The highest BCUT2D eigenvalue weighted by Crippen LogP contribution is 2.36. The summed E-state index contributed by atoms with van der Waals surface area (Å²) in [6.07, 6.45) is 11.2. The Labute approximate surface area is 208 Å². The van der Waals surface area contributed by atoms with Crippen LogP contribution in [0.1, 0.15) is 53.3 Å². The number of amides is 1. The van der Waals surface area contributed by atoms with Crippen LogP contribution in [-0.4, -0.2) is 38.6 Å². The molecule has 0 saturated heterocycles. The van der Waals surface area contributed by atoms with Crippen LogP contribution < -0.4 is 14.8 Å². The normalized spacial score (nSPS) is 17.6. The van der Waals surface area contributed by atoms with Gasteiger partial charge >= 0.3 is 0 Å². The van der Waals surface area contributed by atoms with Gasteiger partial charge in [0.15, 0.2) is 5.13 Å². The minimum atomic E-state index is -0.166. The Kier molecular flexibility index (Phi) is 7.04. The summed E-state index contributed by atoms with van der Waals surface area (Å²) in [7, 11) is 1.62. The van der Waals surface area contributed by atoms with Crippen LogP contribution in [0.5, 0.6) is 11.6 Å². The molecule has 2 atom stereocenters. The summed E-state index contributed by atoms with van der Waals surface area (Å²) in [5.74, 6) is 1.45. The predicted octanol–water partition coefficient (Wildman–Crippen LogP) is 5.15. The fourth-order valence-electron chi connectivity index (χ4n) is 4.38. The number of carbonyl (C=O) groups is 1. The van der Waals surface area contributed by atoms with Crippen molar-refractivity contribution in [1.29, 1.82) is 0 Å². The average Bonchev–Trinajstić information content (AvgIpc) is 3.55. The number of nitrogens with one attached hydrogen (secondary N) is 1. The monoisotopic (exact) mass is 489 g/mol. The van der Waals surface area contributed by atoms with Crippen molar-refractivity contribution in [2.75, 3.05) is 12.4 Å². The molecule has 9 heteroatoms. The molecule has 4 aromatic rings. The average molecular weight is 490 g/mol. The summed E-state index contributed by atoms with van der Waals surface area (Å²) in [6, 6.07) is 11.3. The molecule has 1 aliphatic carbocycles. The van der Waals surface area contributed by atoms with Crippen molar-refractivity contribution in [2.24, 2.45) is 0 Å². The van der Waals surface area contributed by atoms with Crippen LogP contribution in [0.15, 0.2) is 66.6 Å². The summed E-state index contributed by atoms with van der Waals surface area (Å²) >= 11 is 1.46. The largest absolute Gasteiger partial charge is 0.495 e. The molecule has 1 aliphatic rings. The smallest absolute Gasteiger partial charge is 0.274 e. The van der Waals surface area contributed by atoms with Gasteiger partial charge in [-0.15, -0.1) is 11.3 Å². The number of hydrogen-bond acceptors (Lipinski definition) is 7. The summed E-state index contributed by atoms with van der Waals surface area (Å²) in [5, 5.41) is 5.63. The molecule has 0 unspecified atom stereocenters. The number of methoxy groups -OCH3 is 1. The van der Waals surface area contributed by atoms with Crippen LogP contribution in [0.3, 0.4) is 0 Å². The maximum absolute atomic E-state index is 13.0. The van der Waals surface area contributed by atoms with Crippen LogP contribution in [0.25, 0.3) is 0 Å². The zero-order chi connectivity index (χ0) is 24.0. The molecule has 1 fully saturated rings. The van der Waals surface area contributed by atoms with E-state index in [1.54, 1.807) is 25.7 Å². The van der Waals surface area contributed by atoms with Gasteiger partial charge in [0.1, 0.15) is 17.5 Å². The first-order valence-electron chi connectivity index (χ1n) is 11.7. The third-order valence-electron chi connectivity index (χ3n) is 6.18. The van der Waals surface area contributed by atoms with E-state index in [2.05, 4.69) is 15.3 Å². The van der Waals surface area contributed by atoms with E-state index in [9.17, 15) is 4.79 Å². The van der Waals surface area contributed by atoms with Crippen LogP contribution in [-0.2, 0) is 6.54 Å². The van der Waals surface area contributed by atoms with Gasteiger partial charge in [0.2, 0.25) is 5.88 Å². The molecule has 0 aliphatic heterocycles. The van der Waals surface area contributed by atoms with Crippen LogP contribution >= 0.6 is 11.3 Å². The molecule has 0 radical (unpaired) electrons. The predicted molar refractivity (Wildman–Crippen MR) is 134 cm³/mol. The molecule has 4 aromatic heterocycles. The number of thiazole rings is 1. The van der Waals surface area contributed by atoms with Gasteiger partial charge in [0.25, 0.3) is 5.91 Å². The SMILES string of the molecule is COc1ccc(O[C@H]2CCC[C@H](c3csc(NC(=O)c4cccn4Cc4ccncc4)n3)C2)nc1. The Morgan fingerprint density at radius 3 is 2.89 bits per heavy atom. The molecule has 180 valence electrons. The van der Waals surface area contributed by atoms with Crippen molar-refractivity contribution >= 4 is 22.4 Å². The highest BCUT2D eigenvalue weighted by Gasteiger charge is 2.27. The van der Waals surface area contributed by atoms with Gasteiger partial charge in [-0.3, -0.25) is 15.1 Å². The van der Waals surface area contributed by atoms with E-state index in [0.717, 1.165) is 36.9 Å². The lowest BCUT2D eigenvalue weighted by Gasteiger charge is -2.28. The van der Waals surface area contributed by atoms with E-state index in [0.29, 0.717) is 34.9 Å². The summed E-state index contributed by atoms with van der Waals surface area (Å²) in [4.78, 5) is 26.1. The number of aromatic nitrogens is 4. The Hall–Kier alpha value is -3.72. The number of anilines is 1. The Morgan fingerprint density at radius 1 is 1.20 bits per heavy atom. The molecular weight excluding hydrogens is 462 g/mol. The van der Waals surface area contributed by atoms with Gasteiger partial charge in [-0.2, -0.15) is 0 Å². The number of hydrogen-bond donors (Lipinski definition) is 1. The van der Waals surface area contributed by atoms with Crippen LogP contribution in [0.2, 0.25) is 0 Å². The lowest BCUT2D eigenvalue weighted by molar-refractivity contribution is 0.101. The van der Waals surface area contributed by atoms with E-state index in [1.165, 1.54) is 11.3 Å². The first-order chi connectivity index (χ1) is 17.2. The number of pyridine rings is 2. The quantitative estimate of drug-likeness (QED) is 0.368. The topological polar surface area (TPSA) is 91.2 Å². The maximum Gasteiger partial charge on any atom is 0.274 e. The molecule has 0 spiro atoms. The van der Waals surface area contributed by atoms with Gasteiger partial charge in [-0.25, -0.2) is 9.97 Å². The zero-order valence-corrected chi connectivity index (χ0v) is 20.3. The second-order valence-corrected chi connectivity index (χ2v) is 9.41. The van der Waals surface area contributed by atoms with Crippen molar-refractivity contribution in [1.82, 2.24) is 19.5 Å². The molecule has 5 rings (SSSR count). The van der Waals surface area contributed by atoms with Gasteiger partial charge < -0.3 is 14.0 Å². The molecule has 4 heterocycles. The third kappa shape index (κ3) is 5.68. The fourth-order valence-corrected chi connectivity index (χ4v) is 5.17. The molecular formula is C26H27N5O3S. The fraction of sp³-hybridized carbons (Fsp3) is 0.308. The molecule has 35 heavy (non-hydrogen) atoms. The van der Waals surface area contributed by atoms with Gasteiger partial charge in [0.05, 0.1) is 19.0 Å². The van der Waals surface area contributed by atoms with E-state index < -0.39 is 0 Å². The molecule has 1 N–H and O–H groups in total. The van der Waals surface area contributed by atoms with E-state index in [4.69, 9.17) is 14.5 Å². The van der Waals surface area contributed by atoms with Crippen LogP contribution in [0.4, 0.5) is 5.13 Å². The lowest BCUT2D eigenvalue weighted by atomic mass is 9.85. The van der Waals surface area contributed by atoms with Crippen molar-refractivity contribution in [3.05, 3.63) is 83.5 Å². The molecule has 0 bridgehead atoms. The van der Waals surface area contributed by atoms with Gasteiger partial charge in [-0.05, 0) is 61.6 Å². The highest BCUT2D eigenvalue weighted by molar-refractivity contribution is 7.14. The lowest BCUT2D eigenvalue weighted by Crippen LogP contribution is -2.25. The minimum Gasteiger partial charge on any atom is -0.495 e. The zero-order valence-electron chi connectivity index (χ0n) is 19.5. The Morgan fingerprint density at radius 2 is 2.09 bits per heavy atom. The third-order valence-corrected chi connectivity index (χ3v) is 6.96. The van der Waals surface area contributed by atoms with E-state index >= 15 is 0 Å². The maximum atomic E-state index is 13.0. The van der Waals surface area contributed by atoms with Crippen molar-refractivity contribution < 1.29 is 14.3 Å². The Bertz CT molecular complexity index is 1260. The highest BCUT2D eigenvalue weighted by atomic mass is 32.1. The number of rotatable bonds is 8. The summed E-state index contributed by atoms with van der Waals surface area (Å²) < 4.78 is 13.2. The second-order valence-electron chi connectivity index (χ2n) is 8.55. The van der Waals surface area contributed by atoms with Crippen LogP contribution in [0, 0.1) is 0 Å².